The van der Waals surface area contributed by atoms with Gasteiger partial charge in [0.1, 0.15) is 23.2 Å². The molecular formula is C29H24F4N4O2. The number of nitrogens with zero attached hydrogens (tertiary/aromatic N) is 3. The minimum atomic E-state index is -1.39. The summed E-state index contributed by atoms with van der Waals surface area (Å²) in [7, 11) is 0. The quantitative estimate of drug-likeness (QED) is 0.132. The maximum Gasteiger partial charge on any atom is 0.346 e. The number of aryl methyl sites for hydroxylation is 1. The van der Waals surface area contributed by atoms with E-state index >= 15 is 0 Å². The topological polar surface area (TPSA) is 67.3 Å². The van der Waals surface area contributed by atoms with Crippen LogP contribution >= 0.6 is 0 Å². The molecule has 3 aromatic carbocycles. The predicted molar refractivity (Wildman–Crippen MR) is 138 cm³/mol. The summed E-state index contributed by atoms with van der Waals surface area (Å²) in [6.45, 7) is 6.49. The molecule has 1 atom stereocenters. The van der Waals surface area contributed by atoms with Crippen molar-refractivity contribution < 1.29 is 27.1 Å². The van der Waals surface area contributed by atoms with Crippen molar-refractivity contribution in [2.24, 2.45) is 0 Å². The number of aromatic nitrogens is 2. The fourth-order valence-electron chi connectivity index (χ4n) is 4.61. The van der Waals surface area contributed by atoms with E-state index in [9.17, 15) is 22.4 Å². The van der Waals surface area contributed by atoms with Crippen molar-refractivity contribution in [2.45, 2.75) is 33.2 Å². The van der Waals surface area contributed by atoms with Crippen LogP contribution in [0.25, 0.3) is 0 Å². The Labute approximate surface area is 222 Å². The van der Waals surface area contributed by atoms with Gasteiger partial charge in [0, 0.05) is 29.6 Å². The van der Waals surface area contributed by atoms with Gasteiger partial charge in [-0.1, -0.05) is 6.07 Å². The highest BCUT2D eigenvalue weighted by atomic mass is 19.2. The molecule has 10 heteroatoms. The Morgan fingerprint density at radius 1 is 0.949 bits per heavy atom. The highest BCUT2D eigenvalue weighted by Crippen LogP contribution is 2.37. The van der Waals surface area contributed by atoms with Crippen LogP contribution in [0.15, 0.2) is 54.6 Å². The summed E-state index contributed by atoms with van der Waals surface area (Å²) >= 11 is 0. The van der Waals surface area contributed by atoms with E-state index in [1.807, 2.05) is 26.8 Å². The second-order valence-corrected chi connectivity index (χ2v) is 9.33. The molecule has 0 saturated heterocycles. The molecule has 0 fully saturated rings. The molecule has 0 amide bonds. The second kappa shape index (κ2) is 10.4. The molecule has 0 saturated carbocycles. The van der Waals surface area contributed by atoms with Gasteiger partial charge in [-0.3, -0.25) is 0 Å². The van der Waals surface area contributed by atoms with Gasteiger partial charge in [0.15, 0.2) is 11.6 Å². The molecule has 0 radical (unpaired) electrons. The zero-order valence-electron chi connectivity index (χ0n) is 21.4. The molecule has 1 aliphatic heterocycles. The second-order valence-electron chi connectivity index (χ2n) is 9.33. The summed E-state index contributed by atoms with van der Waals surface area (Å²) < 4.78 is 59.3. The van der Waals surface area contributed by atoms with Gasteiger partial charge in [-0.2, -0.15) is 4.98 Å². The SMILES string of the molecule is Cc1nc(Nc2ccc(F)cc2)nc(N2CCc3cc(OC(=O)c4cc(F)c(F)cc4F)ccc3C2C)c1C. The number of hydrogen-bond acceptors (Lipinski definition) is 6. The van der Waals surface area contributed by atoms with E-state index in [1.54, 1.807) is 24.3 Å². The minimum Gasteiger partial charge on any atom is -0.423 e. The molecule has 0 aliphatic carbocycles. The van der Waals surface area contributed by atoms with Crippen LogP contribution in [0, 0.1) is 37.1 Å². The number of anilines is 3. The molecule has 0 bridgehead atoms. The lowest BCUT2D eigenvalue weighted by atomic mass is 9.93. The molecule has 6 nitrogen and oxygen atoms in total. The fraction of sp³-hybridized carbons (Fsp3) is 0.207. The Morgan fingerprint density at radius 2 is 1.67 bits per heavy atom. The van der Waals surface area contributed by atoms with Gasteiger partial charge >= 0.3 is 5.97 Å². The van der Waals surface area contributed by atoms with Crippen molar-refractivity contribution in [3.63, 3.8) is 0 Å². The number of carbonyl (C=O) groups excluding carboxylic acids is 1. The molecule has 5 rings (SSSR count). The number of carbonyl (C=O) groups is 1. The van der Waals surface area contributed by atoms with E-state index in [0.29, 0.717) is 36.7 Å². The third-order valence-corrected chi connectivity index (χ3v) is 6.83. The van der Waals surface area contributed by atoms with Crippen LogP contribution in [-0.2, 0) is 6.42 Å². The number of fused-ring (bicyclic) bond motifs is 1. The van der Waals surface area contributed by atoms with Crippen molar-refractivity contribution in [3.8, 4) is 5.75 Å². The summed E-state index contributed by atoms with van der Waals surface area (Å²) in [5.74, 6) is -4.06. The summed E-state index contributed by atoms with van der Waals surface area (Å²) in [5, 5.41) is 3.13. The van der Waals surface area contributed by atoms with Gasteiger partial charge in [0.2, 0.25) is 5.95 Å². The summed E-state index contributed by atoms with van der Waals surface area (Å²) in [4.78, 5) is 23.9. The van der Waals surface area contributed by atoms with Crippen LogP contribution < -0.4 is 15.0 Å². The van der Waals surface area contributed by atoms with E-state index in [0.717, 1.165) is 28.2 Å². The zero-order valence-corrected chi connectivity index (χ0v) is 21.4. The number of hydrogen-bond donors (Lipinski definition) is 1. The summed E-state index contributed by atoms with van der Waals surface area (Å²) in [5.41, 5.74) is 3.62. The minimum absolute atomic E-state index is 0.0891. The van der Waals surface area contributed by atoms with E-state index in [1.165, 1.54) is 12.1 Å². The van der Waals surface area contributed by atoms with Gasteiger partial charge in [0.25, 0.3) is 0 Å². The average Bonchev–Trinajstić information content (AvgIpc) is 2.90. The molecule has 1 aliphatic rings. The smallest absolute Gasteiger partial charge is 0.346 e. The largest absolute Gasteiger partial charge is 0.423 e. The lowest BCUT2D eigenvalue weighted by molar-refractivity contribution is 0.0729. The Morgan fingerprint density at radius 3 is 2.41 bits per heavy atom. The van der Waals surface area contributed by atoms with E-state index in [2.05, 4.69) is 15.2 Å². The van der Waals surface area contributed by atoms with Crippen LogP contribution in [0.1, 0.15) is 45.7 Å². The third-order valence-electron chi connectivity index (χ3n) is 6.83. The zero-order chi connectivity index (χ0) is 27.8. The lowest BCUT2D eigenvalue weighted by Crippen LogP contribution is -2.35. The number of rotatable bonds is 5. The fourth-order valence-corrected chi connectivity index (χ4v) is 4.61. The molecule has 39 heavy (non-hydrogen) atoms. The molecule has 1 aromatic heterocycles. The highest BCUT2D eigenvalue weighted by molar-refractivity contribution is 5.91. The molecular weight excluding hydrogens is 512 g/mol. The summed E-state index contributed by atoms with van der Waals surface area (Å²) in [6, 6.07) is 11.7. The van der Waals surface area contributed by atoms with Crippen LogP contribution in [0.2, 0.25) is 0 Å². The van der Waals surface area contributed by atoms with E-state index < -0.39 is 29.0 Å². The molecule has 0 spiro atoms. The van der Waals surface area contributed by atoms with Crippen molar-refractivity contribution in [3.05, 3.63) is 106 Å². The van der Waals surface area contributed by atoms with Crippen molar-refractivity contribution in [1.82, 2.24) is 9.97 Å². The average molecular weight is 537 g/mol. The van der Waals surface area contributed by atoms with Crippen molar-refractivity contribution in [2.75, 3.05) is 16.8 Å². The molecule has 4 aromatic rings. The van der Waals surface area contributed by atoms with Crippen molar-refractivity contribution in [1.29, 1.82) is 0 Å². The number of benzene rings is 3. The van der Waals surface area contributed by atoms with Gasteiger partial charge < -0.3 is 15.0 Å². The van der Waals surface area contributed by atoms with Gasteiger partial charge in [-0.15, -0.1) is 0 Å². The van der Waals surface area contributed by atoms with Crippen LogP contribution in [0.3, 0.4) is 0 Å². The first-order valence-corrected chi connectivity index (χ1v) is 12.2. The van der Waals surface area contributed by atoms with E-state index in [4.69, 9.17) is 9.72 Å². The number of halogens is 4. The Bertz CT molecular complexity index is 1580. The normalized spacial score (nSPS) is 14.6. The third kappa shape index (κ3) is 5.27. The highest BCUT2D eigenvalue weighted by Gasteiger charge is 2.28. The van der Waals surface area contributed by atoms with Gasteiger partial charge in [-0.05, 0) is 80.8 Å². The summed E-state index contributed by atoms with van der Waals surface area (Å²) in [6.07, 6.45) is 0.605. The van der Waals surface area contributed by atoms with Crippen molar-refractivity contribution >= 4 is 23.4 Å². The Hall–Kier alpha value is -4.47. The Kier molecular flexibility index (Phi) is 6.94. The van der Waals surface area contributed by atoms with E-state index in [-0.39, 0.29) is 17.6 Å². The molecule has 200 valence electrons. The standard InChI is InChI=1S/C29H24F4N4O2/c1-15-16(2)34-29(35-20-6-4-19(30)5-7-20)36-27(15)37-11-10-18-12-21(8-9-22(18)17(37)3)39-28(38)23-13-25(32)26(33)14-24(23)31/h4-9,12-14,17H,10-11H2,1-3H3,(H,34,35,36). The Balaban J connectivity index is 1.37. The first-order valence-electron chi connectivity index (χ1n) is 12.2. The van der Waals surface area contributed by atoms with Crippen LogP contribution in [0.5, 0.6) is 5.75 Å². The van der Waals surface area contributed by atoms with Crippen LogP contribution in [0.4, 0.5) is 35.0 Å². The first kappa shape index (κ1) is 26.1. The van der Waals surface area contributed by atoms with Gasteiger partial charge in [-0.25, -0.2) is 27.3 Å². The van der Waals surface area contributed by atoms with Gasteiger partial charge in [0.05, 0.1) is 11.6 Å². The maximum atomic E-state index is 14.0. The first-order chi connectivity index (χ1) is 18.6. The van der Waals surface area contributed by atoms with Crippen LogP contribution in [-0.4, -0.2) is 22.5 Å². The number of ether oxygens (including phenoxy) is 1. The molecule has 1 N–H and O–H groups in total. The lowest BCUT2D eigenvalue weighted by Gasteiger charge is -2.37. The predicted octanol–water partition coefficient (Wildman–Crippen LogP) is 6.74. The molecule has 1 unspecified atom stereocenters. The molecule has 2 heterocycles. The number of nitrogens with one attached hydrogen (secondary N) is 1. The monoisotopic (exact) mass is 536 g/mol. The maximum absolute atomic E-state index is 14.0. The number of esters is 1.